The number of halogens is 2. The van der Waals surface area contributed by atoms with Crippen molar-refractivity contribution in [1.29, 1.82) is 0 Å². The molecular weight excluding hydrogens is 428 g/mol. The summed E-state index contributed by atoms with van der Waals surface area (Å²) in [7, 11) is 1.23. The summed E-state index contributed by atoms with van der Waals surface area (Å²) in [5, 5.41) is 3.82. The van der Waals surface area contributed by atoms with E-state index in [4.69, 9.17) is 4.74 Å². The Morgan fingerprint density at radius 2 is 2.03 bits per heavy atom. The number of hydrogen-bond acceptors (Lipinski definition) is 3. The Morgan fingerprint density at radius 1 is 1.24 bits per heavy atom. The fraction of sp³-hybridized carbons (Fsp3) is 0.280. The molecule has 4 aromatic rings. The molecule has 1 amide bonds. The van der Waals surface area contributed by atoms with Crippen LogP contribution in [0.2, 0.25) is 0 Å². The summed E-state index contributed by atoms with van der Waals surface area (Å²) in [6, 6.07) is 6.98. The van der Waals surface area contributed by atoms with Crippen LogP contribution in [-0.4, -0.2) is 29.1 Å². The number of carbonyl (C=O) groups excluding carboxylic acids is 1. The van der Waals surface area contributed by atoms with Crippen molar-refractivity contribution in [1.82, 2.24) is 14.9 Å². The van der Waals surface area contributed by atoms with E-state index < -0.39 is 23.0 Å². The predicted molar refractivity (Wildman–Crippen MR) is 122 cm³/mol. The number of nitrogens with one attached hydrogen (secondary N) is 2. The highest BCUT2D eigenvalue weighted by Gasteiger charge is 2.30. The summed E-state index contributed by atoms with van der Waals surface area (Å²) in [4.78, 5) is 29.2. The number of ether oxygens (including phenoxy) is 1. The molecule has 33 heavy (non-hydrogen) atoms. The van der Waals surface area contributed by atoms with Crippen molar-refractivity contribution in [2.75, 3.05) is 13.7 Å². The molecule has 0 atom stereocenters. The first-order chi connectivity index (χ1) is 15.9. The van der Waals surface area contributed by atoms with Crippen LogP contribution in [0.5, 0.6) is 5.75 Å². The van der Waals surface area contributed by atoms with Crippen LogP contribution in [-0.2, 0) is 6.42 Å². The smallest absolute Gasteiger partial charge is 0.256 e. The van der Waals surface area contributed by atoms with Crippen LogP contribution in [0.4, 0.5) is 8.78 Å². The standard InChI is InChI=1S/C25H23F2N3O3/c1-13-3-6-20-16(9-13)14(11-29-20)7-8-28-25(32)18-12-30(15-4-5-15)22-17(23(18)31)10-19(26)21(27)24(22)33-2/h3,6,9-12,15,29H,4-5,7-8H2,1-2H3,(H,28,32). The molecule has 2 aromatic heterocycles. The Labute approximate surface area is 188 Å². The van der Waals surface area contributed by atoms with E-state index in [2.05, 4.69) is 16.4 Å². The summed E-state index contributed by atoms with van der Waals surface area (Å²) in [5.41, 5.74) is 2.65. The van der Waals surface area contributed by atoms with Crippen molar-refractivity contribution in [3.05, 3.63) is 75.2 Å². The molecule has 1 saturated carbocycles. The number of carbonyl (C=O) groups is 1. The number of aryl methyl sites for hydroxylation is 1. The molecule has 6 nitrogen and oxygen atoms in total. The van der Waals surface area contributed by atoms with Gasteiger partial charge in [0.05, 0.1) is 18.0 Å². The summed E-state index contributed by atoms with van der Waals surface area (Å²) >= 11 is 0. The number of hydrogen-bond donors (Lipinski definition) is 2. The number of methoxy groups -OCH3 is 1. The molecule has 5 rings (SSSR count). The van der Waals surface area contributed by atoms with Gasteiger partial charge in [-0.3, -0.25) is 9.59 Å². The maximum absolute atomic E-state index is 14.3. The number of pyridine rings is 1. The predicted octanol–water partition coefficient (Wildman–Crippen LogP) is 4.39. The van der Waals surface area contributed by atoms with Crippen LogP contribution in [0, 0.1) is 18.6 Å². The van der Waals surface area contributed by atoms with Crippen molar-refractivity contribution in [2.45, 2.75) is 32.2 Å². The topological polar surface area (TPSA) is 76.1 Å². The lowest BCUT2D eigenvalue weighted by atomic mass is 10.1. The molecule has 8 heteroatoms. The van der Waals surface area contributed by atoms with Crippen LogP contribution in [0.3, 0.4) is 0 Å². The van der Waals surface area contributed by atoms with Gasteiger partial charge in [0.15, 0.2) is 11.6 Å². The second kappa shape index (κ2) is 8.03. The lowest BCUT2D eigenvalue weighted by Gasteiger charge is -2.16. The Balaban J connectivity index is 1.46. The Hall–Kier alpha value is -3.68. The Kier molecular flexibility index (Phi) is 5.15. The molecule has 1 aliphatic rings. The second-order valence-electron chi connectivity index (χ2n) is 8.48. The molecule has 0 bridgehead atoms. The molecule has 1 aliphatic carbocycles. The van der Waals surface area contributed by atoms with E-state index >= 15 is 0 Å². The molecule has 0 saturated heterocycles. The van der Waals surface area contributed by atoms with E-state index in [1.54, 1.807) is 4.57 Å². The SMILES string of the molecule is COc1c(F)c(F)cc2c(=O)c(C(=O)NCCc3c[nH]c4ccc(C)cc34)cn(C3CC3)c12. The number of aromatic amines is 1. The molecule has 0 unspecified atom stereocenters. The average molecular weight is 451 g/mol. The third-order valence-electron chi connectivity index (χ3n) is 6.16. The highest BCUT2D eigenvalue weighted by Crippen LogP contribution is 2.40. The zero-order chi connectivity index (χ0) is 23.3. The first-order valence-corrected chi connectivity index (χ1v) is 10.8. The number of benzene rings is 2. The Morgan fingerprint density at radius 3 is 2.76 bits per heavy atom. The van der Waals surface area contributed by atoms with E-state index in [-0.39, 0.29) is 28.3 Å². The van der Waals surface area contributed by atoms with Gasteiger partial charge in [0.25, 0.3) is 5.91 Å². The molecule has 0 radical (unpaired) electrons. The van der Waals surface area contributed by atoms with Gasteiger partial charge in [-0.05, 0) is 49.9 Å². The van der Waals surface area contributed by atoms with Gasteiger partial charge in [0, 0.05) is 35.9 Å². The minimum Gasteiger partial charge on any atom is -0.491 e. The van der Waals surface area contributed by atoms with E-state index in [0.717, 1.165) is 40.9 Å². The number of H-pyrrole nitrogens is 1. The van der Waals surface area contributed by atoms with Gasteiger partial charge in [-0.1, -0.05) is 11.6 Å². The van der Waals surface area contributed by atoms with Crippen molar-refractivity contribution >= 4 is 27.7 Å². The molecule has 0 aliphatic heterocycles. The van der Waals surface area contributed by atoms with E-state index in [1.807, 2.05) is 25.3 Å². The maximum atomic E-state index is 14.3. The number of nitrogens with zero attached hydrogens (tertiary/aromatic N) is 1. The fourth-order valence-electron chi connectivity index (χ4n) is 4.32. The second-order valence-corrected chi connectivity index (χ2v) is 8.48. The lowest BCUT2D eigenvalue weighted by molar-refractivity contribution is 0.0952. The van der Waals surface area contributed by atoms with Crippen molar-refractivity contribution in [3.63, 3.8) is 0 Å². The highest BCUT2D eigenvalue weighted by molar-refractivity contribution is 5.98. The van der Waals surface area contributed by atoms with Crippen molar-refractivity contribution in [2.24, 2.45) is 0 Å². The highest BCUT2D eigenvalue weighted by atomic mass is 19.2. The molecule has 2 N–H and O–H groups in total. The lowest BCUT2D eigenvalue weighted by Crippen LogP contribution is -2.31. The van der Waals surface area contributed by atoms with Gasteiger partial charge in [0.2, 0.25) is 11.2 Å². The summed E-state index contributed by atoms with van der Waals surface area (Å²) in [5.74, 6) is -3.21. The molecule has 2 heterocycles. The largest absolute Gasteiger partial charge is 0.491 e. The minimum absolute atomic E-state index is 0.00729. The first kappa shape index (κ1) is 21.2. The monoisotopic (exact) mass is 451 g/mol. The molecule has 0 spiro atoms. The van der Waals surface area contributed by atoms with Gasteiger partial charge in [-0.15, -0.1) is 0 Å². The van der Waals surface area contributed by atoms with Gasteiger partial charge in [0.1, 0.15) is 5.56 Å². The van der Waals surface area contributed by atoms with Gasteiger partial charge < -0.3 is 19.6 Å². The van der Waals surface area contributed by atoms with Crippen molar-refractivity contribution in [3.8, 4) is 5.75 Å². The minimum atomic E-state index is -1.19. The summed E-state index contributed by atoms with van der Waals surface area (Å²) < 4.78 is 35.2. The summed E-state index contributed by atoms with van der Waals surface area (Å²) in [6.07, 6.45) is 5.57. The third kappa shape index (κ3) is 3.65. The van der Waals surface area contributed by atoms with Gasteiger partial charge in [-0.25, -0.2) is 4.39 Å². The van der Waals surface area contributed by atoms with E-state index in [0.29, 0.717) is 13.0 Å². The van der Waals surface area contributed by atoms with Crippen LogP contribution in [0.25, 0.3) is 21.8 Å². The van der Waals surface area contributed by atoms with E-state index in [9.17, 15) is 18.4 Å². The third-order valence-corrected chi connectivity index (χ3v) is 6.16. The number of aromatic nitrogens is 2. The van der Waals surface area contributed by atoms with Crippen LogP contribution in [0.15, 0.2) is 41.5 Å². The zero-order valence-corrected chi connectivity index (χ0v) is 18.3. The number of amides is 1. The first-order valence-electron chi connectivity index (χ1n) is 10.8. The van der Waals surface area contributed by atoms with Crippen LogP contribution < -0.4 is 15.5 Å². The fourth-order valence-corrected chi connectivity index (χ4v) is 4.32. The molecule has 2 aromatic carbocycles. The zero-order valence-electron chi connectivity index (χ0n) is 18.3. The Bertz CT molecular complexity index is 1470. The average Bonchev–Trinajstić information content (AvgIpc) is 3.57. The van der Waals surface area contributed by atoms with Crippen LogP contribution >= 0.6 is 0 Å². The van der Waals surface area contributed by atoms with Crippen LogP contribution in [0.1, 0.15) is 40.4 Å². The normalized spacial score (nSPS) is 13.6. The van der Waals surface area contributed by atoms with Crippen molar-refractivity contribution < 1.29 is 18.3 Å². The van der Waals surface area contributed by atoms with E-state index in [1.165, 1.54) is 13.3 Å². The number of fused-ring (bicyclic) bond motifs is 2. The summed E-state index contributed by atoms with van der Waals surface area (Å²) in [6.45, 7) is 2.34. The molecule has 170 valence electrons. The maximum Gasteiger partial charge on any atom is 0.256 e. The number of rotatable bonds is 6. The quantitative estimate of drug-likeness (QED) is 0.457. The van der Waals surface area contributed by atoms with Gasteiger partial charge in [-0.2, -0.15) is 4.39 Å². The van der Waals surface area contributed by atoms with Gasteiger partial charge >= 0.3 is 0 Å². The molecular formula is C25H23F2N3O3. The molecule has 1 fully saturated rings.